The number of hydrogen-bond acceptors (Lipinski definition) is 5. The van der Waals surface area contributed by atoms with E-state index < -0.39 is 12.5 Å². The molecule has 2 rings (SSSR count). The molecule has 0 aliphatic carbocycles. The molecule has 6 nitrogen and oxygen atoms in total. The largest absolute Gasteiger partial charge is 0.548 e. The predicted octanol–water partition coefficient (Wildman–Crippen LogP) is 1.06. The first kappa shape index (κ1) is 18.4. The summed E-state index contributed by atoms with van der Waals surface area (Å²) >= 11 is 0. The highest BCUT2D eigenvalue weighted by atomic mass is 16.5. The highest BCUT2D eigenvalue weighted by Crippen LogP contribution is 2.08. The summed E-state index contributed by atoms with van der Waals surface area (Å²) in [5, 5.41) is 10.9. The van der Waals surface area contributed by atoms with Gasteiger partial charge in [-0.1, -0.05) is 30.3 Å². The van der Waals surface area contributed by atoms with Gasteiger partial charge in [0.1, 0.15) is 5.75 Å². The Morgan fingerprint density at radius 2 is 1.80 bits per heavy atom. The minimum atomic E-state index is -1.26. The van der Waals surface area contributed by atoms with Gasteiger partial charge in [0.15, 0.2) is 0 Å². The highest BCUT2D eigenvalue weighted by molar-refractivity contribution is 5.80. The molecule has 0 atom stereocenters. The molecule has 0 unspecified atom stereocenters. The average molecular weight is 341 g/mol. The van der Waals surface area contributed by atoms with Crippen LogP contribution in [0.15, 0.2) is 54.9 Å². The van der Waals surface area contributed by atoms with Crippen LogP contribution in [0.25, 0.3) is 0 Å². The molecule has 25 heavy (non-hydrogen) atoms. The summed E-state index contributed by atoms with van der Waals surface area (Å²) in [4.78, 5) is 28.4. The van der Waals surface area contributed by atoms with Crippen molar-refractivity contribution in [2.75, 3.05) is 19.7 Å². The van der Waals surface area contributed by atoms with E-state index in [-0.39, 0.29) is 12.3 Å². The van der Waals surface area contributed by atoms with Gasteiger partial charge in [-0.2, -0.15) is 0 Å². The van der Waals surface area contributed by atoms with Gasteiger partial charge in [0.25, 0.3) is 0 Å². The van der Waals surface area contributed by atoms with Gasteiger partial charge in [-0.05, 0) is 30.5 Å². The van der Waals surface area contributed by atoms with E-state index in [0.29, 0.717) is 31.7 Å². The summed E-state index contributed by atoms with van der Waals surface area (Å²) in [6, 6.07) is 13.1. The summed E-state index contributed by atoms with van der Waals surface area (Å²) in [6.45, 7) is 0.340. The van der Waals surface area contributed by atoms with Crippen LogP contribution >= 0.6 is 0 Å². The van der Waals surface area contributed by atoms with Crippen molar-refractivity contribution >= 4 is 11.9 Å². The van der Waals surface area contributed by atoms with Crippen molar-refractivity contribution in [3.8, 4) is 5.75 Å². The van der Waals surface area contributed by atoms with Gasteiger partial charge in [0, 0.05) is 25.4 Å². The van der Waals surface area contributed by atoms with E-state index in [1.165, 1.54) is 4.90 Å². The lowest BCUT2D eigenvalue weighted by molar-refractivity contribution is -0.306. The quantitative estimate of drug-likeness (QED) is 0.604. The number of carbonyl (C=O) groups is 2. The van der Waals surface area contributed by atoms with Crippen LogP contribution in [0.3, 0.4) is 0 Å². The molecule has 0 bridgehead atoms. The standard InChI is InChI=1S/C19H22N2O4/c22-18(7-4-14-25-17-8-11-20-12-9-17)21(15-19(23)24)13-10-16-5-2-1-3-6-16/h1-3,5-6,8-9,11-12H,4,7,10,13-15H2,(H,23,24)/p-1. The Morgan fingerprint density at radius 3 is 2.48 bits per heavy atom. The van der Waals surface area contributed by atoms with Gasteiger partial charge in [-0.15, -0.1) is 0 Å². The molecule has 0 N–H and O–H groups in total. The van der Waals surface area contributed by atoms with E-state index in [4.69, 9.17) is 4.74 Å². The number of hydrogen-bond donors (Lipinski definition) is 0. The fourth-order valence-corrected chi connectivity index (χ4v) is 2.36. The van der Waals surface area contributed by atoms with Gasteiger partial charge in [-0.3, -0.25) is 9.78 Å². The first-order chi connectivity index (χ1) is 12.1. The number of aromatic nitrogens is 1. The molecule has 0 spiro atoms. The molecule has 0 aliphatic heterocycles. The third-order valence-electron chi connectivity index (χ3n) is 3.64. The Labute approximate surface area is 147 Å². The fraction of sp³-hybridized carbons (Fsp3) is 0.316. The number of benzene rings is 1. The number of pyridine rings is 1. The van der Waals surface area contributed by atoms with Gasteiger partial charge in [0.05, 0.1) is 19.1 Å². The van der Waals surface area contributed by atoms with Crippen molar-refractivity contribution < 1.29 is 19.4 Å². The van der Waals surface area contributed by atoms with E-state index in [2.05, 4.69) is 4.98 Å². The Morgan fingerprint density at radius 1 is 1.08 bits per heavy atom. The number of carbonyl (C=O) groups excluding carboxylic acids is 2. The van der Waals surface area contributed by atoms with Gasteiger partial charge < -0.3 is 19.5 Å². The van der Waals surface area contributed by atoms with Gasteiger partial charge in [0.2, 0.25) is 5.91 Å². The van der Waals surface area contributed by atoms with E-state index in [1.807, 2.05) is 30.3 Å². The van der Waals surface area contributed by atoms with Gasteiger partial charge in [-0.25, -0.2) is 0 Å². The molecule has 0 aliphatic rings. The zero-order valence-corrected chi connectivity index (χ0v) is 14.0. The third-order valence-corrected chi connectivity index (χ3v) is 3.64. The number of aliphatic carboxylic acids is 1. The lowest BCUT2D eigenvalue weighted by Gasteiger charge is -2.23. The number of nitrogens with zero attached hydrogens (tertiary/aromatic N) is 2. The number of rotatable bonds is 10. The van der Waals surface area contributed by atoms with Crippen LogP contribution in [-0.4, -0.2) is 41.5 Å². The monoisotopic (exact) mass is 341 g/mol. The van der Waals surface area contributed by atoms with Crippen LogP contribution in [0.1, 0.15) is 18.4 Å². The molecule has 0 fully saturated rings. The number of ether oxygens (including phenoxy) is 1. The van der Waals surface area contributed by atoms with Crippen molar-refractivity contribution in [1.82, 2.24) is 9.88 Å². The summed E-state index contributed by atoms with van der Waals surface area (Å²) < 4.78 is 5.51. The second kappa shape index (κ2) is 10.1. The highest BCUT2D eigenvalue weighted by Gasteiger charge is 2.13. The second-order valence-corrected chi connectivity index (χ2v) is 5.56. The molecule has 1 aromatic heterocycles. The van der Waals surface area contributed by atoms with Crippen molar-refractivity contribution in [3.05, 3.63) is 60.4 Å². The lowest BCUT2D eigenvalue weighted by Crippen LogP contribution is -2.42. The first-order valence-electron chi connectivity index (χ1n) is 8.19. The molecule has 1 aromatic carbocycles. The summed E-state index contributed by atoms with van der Waals surface area (Å²) in [5.74, 6) is -0.772. The fourth-order valence-electron chi connectivity index (χ4n) is 2.36. The Bertz CT molecular complexity index is 662. The number of carboxylic acid groups (broad SMARTS) is 1. The third kappa shape index (κ3) is 7.03. The number of carboxylic acids is 1. The molecule has 1 amide bonds. The Balaban J connectivity index is 1.77. The molecule has 6 heteroatoms. The zero-order valence-electron chi connectivity index (χ0n) is 14.0. The van der Waals surface area contributed by atoms with Crippen LogP contribution in [0.5, 0.6) is 5.75 Å². The minimum Gasteiger partial charge on any atom is -0.548 e. The van der Waals surface area contributed by atoms with Crippen LogP contribution in [0, 0.1) is 0 Å². The Kier molecular flexibility index (Phi) is 7.43. The maximum absolute atomic E-state index is 12.3. The van der Waals surface area contributed by atoms with Crippen molar-refractivity contribution in [1.29, 1.82) is 0 Å². The topological polar surface area (TPSA) is 82.6 Å². The lowest BCUT2D eigenvalue weighted by atomic mass is 10.1. The molecule has 0 saturated heterocycles. The maximum atomic E-state index is 12.3. The summed E-state index contributed by atoms with van der Waals surface area (Å²) in [5.41, 5.74) is 1.06. The van der Waals surface area contributed by atoms with Crippen molar-refractivity contribution in [2.24, 2.45) is 0 Å². The van der Waals surface area contributed by atoms with E-state index in [1.54, 1.807) is 24.5 Å². The molecule has 2 aromatic rings. The van der Waals surface area contributed by atoms with Crippen LogP contribution in [0.4, 0.5) is 0 Å². The minimum absolute atomic E-state index is 0.210. The van der Waals surface area contributed by atoms with E-state index >= 15 is 0 Å². The van der Waals surface area contributed by atoms with E-state index in [9.17, 15) is 14.7 Å². The summed E-state index contributed by atoms with van der Waals surface area (Å²) in [6.07, 6.45) is 4.61. The molecule has 0 saturated carbocycles. The molecule has 0 radical (unpaired) electrons. The van der Waals surface area contributed by atoms with Crippen molar-refractivity contribution in [3.63, 3.8) is 0 Å². The first-order valence-corrected chi connectivity index (χ1v) is 8.19. The average Bonchev–Trinajstić information content (AvgIpc) is 2.63. The van der Waals surface area contributed by atoms with Crippen LogP contribution in [-0.2, 0) is 16.0 Å². The van der Waals surface area contributed by atoms with Gasteiger partial charge >= 0.3 is 0 Å². The maximum Gasteiger partial charge on any atom is 0.223 e. The molecule has 1 heterocycles. The second-order valence-electron chi connectivity index (χ2n) is 5.56. The van der Waals surface area contributed by atoms with Crippen molar-refractivity contribution in [2.45, 2.75) is 19.3 Å². The molecular weight excluding hydrogens is 320 g/mol. The van der Waals surface area contributed by atoms with E-state index in [0.717, 1.165) is 5.56 Å². The SMILES string of the molecule is O=C([O-])CN(CCc1ccccc1)C(=O)CCCOc1ccncc1. The normalized spacial score (nSPS) is 10.2. The number of amides is 1. The molecule has 132 valence electrons. The zero-order chi connectivity index (χ0) is 17.9. The molecular formula is C19H21N2O4-. The predicted molar refractivity (Wildman–Crippen MR) is 90.7 cm³/mol. The van der Waals surface area contributed by atoms with Crippen LogP contribution in [0.2, 0.25) is 0 Å². The Hall–Kier alpha value is -2.89. The summed E-state index contributed by atoms with van der Waals surface area (Å²) in [7, 11) is 0. The van der Waals surface area contributed by atoms with Crippen LogP contribution < -0.4 is 9.84 Å². The smallest absolute Gasteiger partial charge is 0.223 e.